The normalized spacial score (nSPS) is 20.4. The highest BCUT2D eigenvalue weighted by atomic mass is 16.2. The van der Waals surface area contributed by atoms with Crippen molar-refractivity contribution in [3.05, 3.63) is 18.1 Å². The van der Waals surface area contributed by atoms with Gasteiger partial charge in [0.05, 0.1) is 24.6 Å². The quantitative estimate of drug-likeness (QED) is 0.900. The molecule has 2 heterocycles. The van der Waals surface area contributed by atoms with E-state index in [-0.39, 0.29) is 5.91 Å². The van der Waals surface area contributed by atoms with Gasteiger partial charge >= 0.3 is 0 Å². The Kier molecular flexibility index (Phi) is 4.71. The predicted octanol–water partition coefficient (Wildman–Crippen LogP) is 1.99. The Morgan fingerprint density at radius 2 is 2.21 bits per heavy atom. The average molecular weight is 262 g/mol. The Morgan fingerprint density at radius 1 is 1.37 bits per heavy atom. The minimum atomic E-state index is 0.234. The number of nitrogen functional groups attached to an aromatic ring is 1. The van der Waals surface area contributed by atoms with Crippen LogP contribution in [0, 0.1) is 5.92 Å². The lowest BCUT2D eigenvalue weighted by atomic mass is 9.96. The third-order valence-corrected chi connectivity index (χ3v) is 3.70. The van der Waals surface area contributed by atoms with Gasteiger partial charge in [0.25, 0.3) is 0 Å². The number of aromatic nitrogens is 2. The molecule has 0 aromatic carbocycles. The van der Waals surface area contributed by atoms with Gasteiger partial charge in [-0.25, -0.2) is 4.98 Å². The van der Waals surface area contributed by atoms with Crippen LogP contribution in [0.25, 0.3) is 0 Å². The first-order valence-electron chi connectivity index (χ1n) is 7.03. The lowest BCUT2D eigenvalue weighted by Gasteiger charge is -2.20. The standard InChI is InChI=1S/C14H22N4O/c1-2-3-11-4-5-14(19)18(7-6-11)10-12-8-17-13(15)9-16-12/h8-9,11H,2-7,10H2,1H3,(H2,15,17). The van der Waals surface area contributed by atoms with Crippen LogP contribution in [-0.2, 0) is 11.3 Å². The lowest BCUT2D eigenvalue weighted by Crippen LogP contribution is -2.30. The summed E-state index contributed by atoms with van der Waals surface area (Å²) in [6, 6.07) is 0. The van der Waals surface area contributed by atoms with Crippen LogP contribution >= 0.6 is 0 Å². The number of rotatable bonds is 4. The van der Waals surface area contributed by atoms with Gasteiger partial charge in [0.2, 0.25) is 5.91 Å². The molecule has 2 rings (SSSR count). The van der Waals surface area contributed by atoms with Crippen molar-refractivity contribution in [3.8, 4) is 0 Å². The fourth-order valence-electron chi connectivity index (χ4n) is 2.60. The molecule has 1 atom stereocenters. The van der Waals surface area contributed by atoms with Gasteiger partial charge in [0, 0.05) is 13.0 Å². The van der Waals surface area contributed by atoms with E-state index < -0.39 is 0 Å². The molecule has 0 saturated carbocycles. The maximum absolute atomic E-state index is 12.1. The molecule has 104 valence electrons. The van der Waals surface area contributed by atoms with Gasteiger partial charge < -0.3 is 10.6 Å². The predicted molar refractivity (Wildman–Crippen MR) is 74.1 cm³/mol. The number of nitrogens with zero attached hydrogens (tertiary/aromatic N) is 3. The zero-order valence-electron chi connectivity index (χ0n) is 11.5. The van der Waals surface area contributed by atoms with Crippen molar-refractivity contribution in [2.45, 2.75) is 45.6 Å². The molecule has 0 aliphatic carbocycles. The molecular weight excluding hydrogens is 240 g/mol. The number of hydrogen-bond donors (Lipinski definition) is 1. The maximum Gasteiger partial charge on any atom is 0.222 e. The number of carbonyl (C=O) groups is 1. The van der Waals surface area contributed by atoms with Crippen LogP contribution in [0.2, 0.25) is 0 Å². The first-order valence-corrected chi connectivity index (χ1v) is 7.03. The van der Waals surface area contributed by atoms with E-state index in [1.165, 1.54) is 19.0 Å². The molecule has 0 spiro atoms. The summed E-state index contributed by atoms with van der Waals surface area (Å²) in [6.45, 7) is 3.58. The molecule has 5 heteroatoms. The number of hydrogen-bond acceptors (Lipinski definition) is 4. The Labute approximate surface area is 114 Å². The first-order chi connectivity index (χ1) is 9.19. The van der Waals surface area contributed by atoms with Crippen molar-refractivity contribution in [2.75, 3.05) is 12.3 Å². The van der Waals surface area contributed by atoms with Crippen molar-refractivity contribution < 1.29 is 4.79 Å². The third kappa shape index (κ3) is 3.91. The van der Waals surface area contributed by atoms with E-state index in [4.69, 9.17) is 5.73 Å². The second kappa shape index (κ2) is 6.50. The summed E-state index contributed by atoms with van der Waals surface area (Å²) in [7, 11) is 0. The summed E-state index contributed by atoms with van der Waals surface area (Å²) in [5, 5.41) is 0. The Morgan fingerprint density at radius 3 is 2.89 bits per heavy atom. The maximum atomic E-state index is 12.1. The van der Waals surface area contributed by atoms with E-state index in [9.17, 15) is 4.79 Å². The minimum Gasteiger partial charge on any atom is -0.382 e. The van der Waals surface area contributed by atoms with E-state index in [0.717, 1.165) is 25.1 Å². The highest BCUT2D eigenvalue weighted by Gasteiger charge is 2.22. The smallest absolute Gasteiger partial charge is 0.222 e. The number of carbonyl (C=O) groups excluding carboxylic acids is 1. The number of nitrogens with two attached hydrogens (primary N) is 1. The molecule has 1 saturated heterocycles. The molecular formula is C14H22N4O. The third-order valence-electron chi connectivity index (χ3n) is 3.70. The summed E-state index contributed by atoms with van der Waals surface area (Å²) < 4.78 is 0. The van der Waals surface area contributed by atoms with E-state index in [2.05, 4.69) is 16.9 Å². The van der Waals surface area contributed by atoms with Crippen molar-refractivity contribution >= 4 is 11.7 Å². The Bertz CT molecular complexity index is 418. The van der Waals surface area contributed by atoms with Crippen LogP contribution in [0.4, 0.5) is 5.82 Å². The molecule has 19 heavy (non-hydrogen) atoms. The summed E-state index contributed by atoms with van der Waals surface area (Å²) >= 11 is 0. The molecule has 1 fully saturated rings. The molecule has 1 aromatic heterocycles. The van der Waals surface area contributed by atoms with Gasteiger partial charge in [-0.3, -0.25) is 9.78 Å². The number of amides is 1. The zero-order chi connectivity index (χ0) is 13.7. The SMILES string of the molecule is CCCC1CCC(=O)N(Cc2cnc(N)cn2)CC1. The number of likely N-dealkylation sites (tertiary alicyclic amines) is 1. The van der Waals surface area contributed by atoms with Crippen LogP contribution in [0.5, 0.6) is 0 Å². The van der Waals surface area contributed by atoms with Crippen LogP contribution in [0.1, 0.15) is 44.7 Å². The molecule has 1 amide bonds. The summed E-state index contributed by atoms with van der Waals surface area (Å²) in [6.07, 6.45) is 8.39. The van der Waals surface area contributed by atoms with Gasteiger partial charge in [-0.1, -0.05) is 19.8 Å². The fraction of sp³-hybridized carbons (Fsp3) is 0.643. The van der Waals surface area contributed by atoms with Gasteiger partial charge in [-0.15, -0.1) is 0 Å². The van der Waals surface area contributed by atoms with Crippen LogP contribution < -0.4 is 5.73 Å². The average Bonchev–Trinajstić information content (AvgIpc) is 2.57. The fourth-order valence-corrected chi connectivity index (χ4v) is 2.60. The van der Waals surface area contributed by atoms with Crippen LogP contribution in [-0.4, -0.2) is 27.3 Å². The van der Waals surface area contributed by atoms with Gasteiger partial charge in [-0.2, -0.15) is 0 Å². The molecule has 0 bridgehead atoms. The van der Waals surface area contributed by atoms with E-state index >= 15 is 0 Å². The highest BCUT2D eigenvalue weighted by Crippen LogP contribution is 2.23. The van der Waals surface area contributed by atoms with Crippen molar-refractivity contribution in [2.24, 2.45) is 5.92 Å². The lowest BCUT2D eigenvalue weighted by molar-refractivity contribution is -0.131. The minimum absolute atomic E-state index is 0.234. The topological polar surface area (TPSA) is 72.1 Å². The van der Waals surface area contributed by atoms with E-state index in [1.807, 2.05) is 4.90 Å². The molecule has 1 aliphatic rings. The molecule has 0 radical (unpaired) electrons. The summed E-state index contributed by atoms with van der Waals surface area (Å²) in [5.41, 5.74) is 6.31. The molecule has 2 N–H and O–H groups in total. The largest absolute Gasteiger partial charge is 0.382 e. The highest BCUT2D eigenvalue weighted by molar-refractivity contribution is 5.76. The molecule has 1 aliphatic heterocycles. The van der Waals surface area contributed by atoms with Crippen molar-refractivity contribution in [1.29, 1.82) is 0 Å². The van der Waals surface area contributed by atoms with Gasteiger partial charge in [-0.05, 0) is 18.8 Å². The Balaban J connectivity index is 1.95. The van der Waals surface area contributed by atoms with Gasteiger partial charge in [0.15, 0.2) is 0 Å². The molecule has 1 aromatic rings. The van der Waals surface area contributed by atoms with Crippen molar-refractivity contribution in [3.63, 3.8) is 0 Å². The first kappa shape index (κ1) is 13.8. The Hall–Kier alpha value is -1.65. The van der Waals surface area contributed by atoms with Crippen LogP contribution in [0.15, 0.2) is 12.4 Å². The molecule has 1 unspecified atom stereocenters. The van der Waals surface area contributed by atoms with E-state index in [0.29, 0.717) is 24.7 Å². The zero-order valence-corrected chi connectivity index (χ0v) is 11.5. The van der Waals surface area contributed by atoms with Crippen LogP contribution in [0.3, 0.4) is 0 Å². The summed E-state index contributed by atoms with van der Waals surface area (Å²) in [5.74, 6) is 1.34. The molecule has 5 nitrogen and oxygen atoms in total. The summed E-state index contributed by atoms with van der Waals surface area (Å²) in [4.78, 5) is 22.2. The monoisotopic (exact) mass is 262 g/mol. The van der Waals surface area contributed by atoms with E-state index in [1.54, 1.807) is 6.20 Å². The van der Waals surface area contributed by atoms with Gasteiger partial charge in [0.1, 0.15) is 5.82 Å². The second-order valence-corrected chi connectivity index (χ2v) is 5.23. The van der Waals surface area contributed by atoms with Crippen molar-refractivity contribution in [1.82, 2.24) is 14.9 Å². The second-order valence-electron chi connectivity index (χ2n) is 5.23. The number of anilines is 1.